The normalized spacial score (nSPS) is 15.3. The molecule has 3 heteroatoms. The number of anilines is 1. The van der Waals surface area contributed by atoms with Crippen molar-refractivity contribution in [2.45, 2.75) is 31.8 Å². The summed E-state index contributed by atoms with van der Waals surface area (Å²) in [5.41, 5.74) is 5.01. The third-order valence-corrected chi connectivity index (χ3v) is 4.61. The van der Waals surface area contributed by atoms with Crippen LogP contribution < -0.4 is 5.32 Å². The molecule has 0 aromatic heterocycles. The van der Waals surface area contributed by atoms with Gasteiger partial charge < -0.3 is 10.4 Å². The lowest BCUT2D eigenvalue weighted by Crippen LogP contribution is -2.15. The van der Waals surface area contributed by atoms with Crippen molar-refractivity contribution in [1.29, 1.82) is 0 Å². The first kappa shape index (κ1) is 14.6. The van der Waals surface area contributed by atoms with E-state index in [0.717, 1.165) is 16.5 Å². The number of nitrogens with one attached hydrogen (secondary N) is 1. The van der Waals surface area contributed by atoms with Crippen LogP contribution in [-0.2, 0) is 12.8 Å². The Morgan fingerprint density at radius 3 is 2.76 bits per heavy atom. The van der Waals surface area contributed by atoms with E-state index in [1.807, 2.05) is 24.3 Å². The number of halogens is 1. The zero-order chi connectivity index (χ0) is 14.7. The zero-order valence-electron chi connectivity index (χ0n) is 12.0. The first-order valence-electron chi connectivity index (χ1n) is 7.52. The molecule has 21 heavy (non-hydrogen) atoms. The van der Waals surface area contributed by atoms with Gasteiger partial charge in [-0.2, -0.15) is 0 Å². The van der Waals surface area contributed by atoms with Crippen molar-refractivity contribution < 1.29 is 5.11 Å². The fourth-order valence-corrected chi connectivity index (χ4v) is 3.40. The smallest absolute Gasteiger partial charge is 0.0962 e. The third-order valence-electron chi connectivity index (χ3n) is 4.12. The summed E-state index contributed by atoms with van der Waals surface area (Å²) >= 11 is 3.44. The number of fused-ring (bicyclic) bond motifs is 1. The lowest BCUT2D eigenvalue weighted by Gasteiger charge is -2.21. The third kappa shape index (κ3) is 3.47. The fraction of sp³-hybridized carbons (Fsp3) is 0.333. The molecule has 2 N–H and O–H groups in total. The molecule has 110 valence electrons. The first-order chi connectivity index (χ1) is 10.2. The molecule has 0 bridgehead atoms. The van der Waals surface area contributed by atoms with Gasteiger partial charge in [-0.05, 0) is 60.6 Å². The summed E-state index contributed by atoms with van der Waals surface area (Å²) in [6.45, 7) is 0.535. The van der Waals surface area contributed by atoms with Crippen LogP contribution in [0.4, 0.5) is 5.69 Å². The number of hydrogen-bond acceptors (Lipinski definition) is 2. The molecule has 1 atom stereocenters. The molecule has 0 radical (unpaired) electrons. The molecule has 2 aromatic rings. The average Bonchev–Trinajstić information content (AvgIpc) is 2.52. The summed E-state index contributed by atoms with van der Waals surface area (Å²) in [6.07, 6.45) is 4.38. The van der Waals surface area contributed by atoms with Gasteiger partial charge in [0.05, 0.1) is 6.10 Å². The van der Waals surface area contributed by atoms with Crippen LogP contribution in [0.2, 0.25) is 0 Å². The molecule has 1 unspecified atom stereocenters. The minimum Gasteiger partial charge on any atom is -0.387 e. The van der Waals surface area contributed by atoms with Crippen LogP contribution in [0.25, 0.3) is 0 Å². The van der Waals surface area contributed by atoms with Crippen LogP contribution in [0, 0.1) is 0 Å². The second-order valence-electron chi connectivity index (χ2n) is 5.60. The number of rotatable bonds is 4. The lowest BCUT2D eigenvalue weighted by molar-refractivity contribution is 0.191. The molecule has 2 aromatic carbocycles. The summed E-state index contributed by atoms with van der Waals surface area (Å²) in [5.74, 6) is 0. The van der Waals surface area contributed by atoms with Crippen molar-refractivity contribution in [2.75, 3.05) is 11.9 Å². The van der Waals surface area contributed by atoms with E-state index >= 15 is 0 Å². The van der Waals surface area contributed by atoms with Crippen LogP contribution in [0.5, 0.6) is 0 Å². The molecule has 0 heterocycles. The predicted molar refractivity (Wildman–Crippen MR) is 90.7 cm³/mol. The standard InChI is InChI=1S/C18H20BrNO/c19-15-8-3-7-14(11-15)18(21)12-20-17-10-4-6-13-5-1-2-9-16(13)17/h3-4,6-8,10-11,18,20-21H,1-2,5,9,12H2. The van der Waals surface area contributed by atoms with Gasteiger partial charge in [0.15, 0.2) is 0 Å². The molecule has 0 spiro atoms. The van der Waals surface area contributed by atoms with Gasteiger partial charge in [-0.3, -0.25) is 0 Å². The molecule has 1 aliphatic rings. The molecule has 3 rings (SSSR count). The molecule has 2 nitrogen and oxygen atoms in total. The van der Waals surface area contributed by atoms with Gasteiger partial charge in [-0.1, -0.05) is 40.2 Å². The number of benzene rings is 2. The maximum absolute atomic E-state index is 10.3. The van der Waals surface area contributed by atoms with E-state index in [9.17, 15) is 5.11 Å². The Balaban J connectivity index is 1.70. The van der Waals surface area contributed by atoms with Gasteiger partial charge in [-0.25, -0.2) is 0 Å². The maximum Gasteiger partial charge on any atom is 0.0962 e. The molecule has 0 saturated carbocycles. The van der Waals surface area contributed by atoms with E-state index in [1.165, 1.54) is 36.1 Å². The van der Waals surface area contributed by atoms with E-state index in [4.69, 9.17) is 0 Å². The topological polar surface area (TPSA) is 32.3 Å². The van der Waals surface area contributed by atoms with E-state index in [0.29, 0.717) is 6.54 Å². The highest BCUT2D eigenvalue weighted by Gasteiger charge is 2.14. The highest BCUT2D eigenvalue weighted by Crippen LogP contribution is 2.28. The summed E-state index contributed by atoms with van der Waals surface area (Å²) in [7, 11) is 0. The Bertz CT molecular complexity index is 626. The summed E-state index contributed by atoms with van der Waals surface area (Å²) < 4.78 is 0.996. The highest BCUT2D eigenvalue weighted by molar-refractivity contribution is 9.10. The minimum atomic E-state index is -0.498. The van der Waals surface area contributed by atoms with Crippen molar-refractivity contribution in [1.82, 2.24) is 0 Å². The van der Waals surface area contributed by atoms with Crippen molar-refractivity contribution in [3.63, 3.8) is 0 Å². The number of aliphatic hydroxyl groups is 1. The lowest BCUT2D eigenvalue weighted by atomic mass is 9.90. The van der Waals surface area contributed by atoms with E-state index in [1.54, 1.807) is 0 Å². The second-order valence-corrected chi connectivity index (χ2v) is 6.52. The predicted octanol–water partition coefficient (Wildman–Crippen LogP) is 4.47. The minimum absolute atomic E-state index is 0.498. The van der Waals surface area contributed by atoms with Gasteiger partial charge in [0.1, 0.15) is 0 Å². The largest absolute Gasteiger partial charge is 0.387 e. The molecule has 0 aliphatic heterocycles. The Kier molecular flexibility index (Phi) is 4.61. The van der Waals surface area contributed by atoms with Crippen molar-refractivity contribution in [3.8, 4) is 0 Å². The van der Waals surface area contributed by atoms with Crippen LogP contribution >= 0.6 is 15.9 Å². The van der Waals surface area contributed by atoms with E-state index in [2.05, 4.69) is 39.4 Å². The second kappa shape index (κ2) is 6.63. The zero-order valence-corrected chi connectivity index (χ0v) is 13.6. The molecule has 0 fully saturated rings. The van der Waals surface area contributed by atoms with Crippen molar-refractivity contribution in [2.24, 2.45) is 0 Å². The molecule has 0 saturated heterocycles. The van der Waals surface area contributed by atoms with Crippen molar-refractivity contribution in [3.05, 3.63) is 63.6 Å². The van der Waals surface area contributed by atoms with Crippen LogP contribution in [0.3, 0.4) is 0 Å². The number of aryl methyl sites for hydroxylation is 1. The molecule has 0 amide bonds. The SMILES string of the molecule is OC(CNc1cccc2c1CCCC2)c1cccc(Br)c1. The maximum atomic E-state index is 10.3. The number of hydrogen-bond donors (Lipinski definition) is 2. The van der Waals surface area contributed by atoms with Gasteiger partial charge in [-0.15, -0.1) is 0 Å². The van der Waals surface area contributed by atoms with Gasteiger partial charge in [0.2, 0.25) is 0 Å². The van der Waals surface area contributed by atoms with Gasteiger partial charge >= 0.3 is 0 Å². The summed E-state index contributed by atoms with van der Waals surface area (Å²) in [6, 6.07) is 14.3. The van der Waals surface area contributed by atoms with Gasteiger partial charge in [0.25, 0.3) is 0 Å². The Morgan fingerprint density at radius 2 is 1.90 bits per heavy atom. The summed E-state index contributed by atoms with van der Waals surface area (Å²) in [5, 5.41) is 13.8. The van der Waals surface area contributed by atoms with Crippen molar-refractivity contribution >= 4 is 21.6 Å². The summed E-state index contributed by atoms with van der Waals surface area (Å²) in [4.78, 5) is 0. The van der Waals surface area contributed by atoms with Crippen LogP contribution in [-0.4, -0.2) is 11.7 Å². The molecular weight excluding hydrogens is 326 g/mol. The van der Waals surface area contributed by atoms with Crippen LogP contribution in [0.15, 0.2) is 46.9 Å². The fourth-order valence-electron chi connectivity index (χ4n) is 2.99. The van der Waals surface area contributed by atoms with E-state index in [-0.39, 0.29) is 0 Å². The quantitative estimate of drug-likeness (QED) is 0.856. The first-order valence-corrected chi connectivity index (χ1v) is 8.31. The average molecular weight is 346 g/mol. The Labute approximate surface area is 134 Å². The molecule has 1 aliphatic carbocycles. The molecular formula is C18H20BrNO. The van der Waals surface area contributed by atoms with E-state index < -0.39 is 6.10 Å². The monoisotopic (exact) mass is 345 g/mol. The van der Waals surface area contributed by atoms with Crippen LogP contribution in [0.1, 0.15) is 35.6 Å². The number of aliphatic hydroxyl groups excluding tert-OH is 1. The highest BCUT2D eigenvalue weighted by atomic mass is 79.9. The Morgan fingerprint density at radius 1 is 1.10 bits per heavy atom. The van der Waals surface area contributed by atoms with Gasteiger partial charge in [0, 0.05) is 16.7 Å². The Hall–Kier alpha value is -1.32.